The van der Waals surface area contributed by atoms with Crippen LogP contribution in [0.4, 0.5) is 0 Å². The molecule has 0 saturated carbocycles. The molecule has 0 atom stereocenters. The molecule has 0 unspecified atom stereocenters. The molecule has 3 heteroatoms. The molecule has 0 aromatic heterocycles. The lowest BCUT2D eigenvalue weighted by molar-refractivity contribution is 0.0353. The largest absolute Gasteiger partial charge is 0.445 e. The van der Waals surface area contributed by atoms with Gasteiger partial charge in [0.1, 0.15) is 6.61 Å². The van der Waals surface area contributed by atoms with Crippen LogP contribution in [0.1, 0.15) is 6.42 Å². The second-order valence-electron chi connectivity index (χ2n) is 2.56. The van der Waals surface area contributed by atoms with E-state index >= 15 is 0 Å². The molecule has 1 heterocycles. The minimum absolute atomic E-state index is 0.553. The number of hydrogen-bond donors (Lipinski definition) is 0. The number of ether oxygens (including phenoxy) is 1. The molecule has 0 amide bonds. The molecular formula is C7H16NO2+. The summed E-state index contributed by atoms with van der Waals surface area (Å²) in [4.78, 5) is 2.36. The summed E-state index contributed by atoms with van der Waals surface area (Å²) in [5.74, 6) is 0. The molecule has 0 bridgehead atoms. The zero-order chi connectivity index (χ0) is 7.23. The number of morpholine rings is 1. The van der Waals surface area contributed by atoms with Gasteiger partial charge in [-0.1, -0.05) is 0 Å². The van der Waals surface area contributed by atoms with Crippen LogP contribution in [0.15, 0.2) is 0 Å². The Morgan fingerprint density at radius 3 is 2.60 bits per heavy atom. The van der Waals surface area contributed by atoms with E-state index in [0.717, 1.165) is 39.3 Å². The van der Waals surface area contributed by atoms with Gasteiger partial charge >= 0.3 is 0 Å². The Hall–Kier alpha value is -0.120. The number of nitrogens with zero attached hydrogens (tertiary/aromatic N) is 1. The van der Waals surface area contributed by atoms with Gasteiger partial charge in [-0.3, -0.25) is 4.90 Å². The summed E-state index contributed by atoms with van der Waals surface area (Å²) in [5.41, 5.74) is 0. The molecule has 1 aliphatic rings. The minimum atomic E-state index is 0.553. The molecule has 1 saturated heterocycles. The predicted octanol–water partition coefficient (Wildman–Crippen LogP) is -0.567. The topological polar surface area (TPSA) is 35.4 Å². The highest BCUT2D eigenvalue weighted by atomic mass is 16.5. The zero-order valence-corrected chi connectivity index (χ0v) is 6.31. The average molecular weight is 146 g/mol. The van der Waals surface area contributed by atoms with Gasteiger partial charge in [0.25, 0.3) is 0 Å². The lowest BCUT2D eigenvalue weighted by Crippen LogP contribution is -2.37. The maximum atomic E-state index is 6.96. The third-order valence-corrected chi connectivity index (χ3v) is 1.75. The van der Waals surface area contributed by atoms with Gasteiger partial charge in [-0.05, 0) is 0 Å². The van der Waals surface area contributed by atoms with Crippen LogP contribution in [0, 0.1) is 0 Å². The Kier molecular flexibility index (Phi) is 3.72. The molecule has 0 aromatic rings. The Morgan fingerprint density at radius 2 is 2.00 bits per heavy atom. The van der Waals surface area contributed by atoms with Crippen molar-refractivity contribution in [3.05, 3.63) is 0 Å². The lowest BCUT2D eigenvalue weighted by Gasteiger charge is -2.25. The summed E-state index contributed by atoms with van der Waals surface area (Å²) >= 11 is 0. The third-order valence-electron chi connectivity index (χ3n) is 1.75. The predicted molar refractivity (Wildman–Crippen MR) is 40.4 cm³/mol. The first kappa shape index (κ1) is 7.98. The Morgan fingerprint density at radius 1 is 1.30 bits per heavy atom. The van der Waals surface area contributed by atoms with Gasteiger partial charge in [0.15, 0.2) is 0 Å². The highest BCUT2D eigenvalue weighted by Gasteiger charge is 2.08. The highest BCUT2D eigenvalue weighted by Crippen LogP contribution is 1.96. The van der Waals surface area contributed by atoms with E-state index in [1.807, 2.05) is 0 Å². The van der Waals surface area contributed by atoms with Crippen LogP contribution < -0.4 is 0 Å². The van der Waals surface area contributed by atoms with Gasteiger partial charge in [0.05, 0.1) is 13.2 Å². The van der Waals surface area contributed by atoms with Crippen LogP contribution in [0.5, 0.6) is 0 Å². The second-order valence-corrected chi connectivity index (χ2v) is 2.56. The Bertz CT molecular complexity index is 81.7. The fraction of sp³-hybridized carbons (Fsp3) is 1.00. The van der Waals surface area contributed by atoms with E-state index in [1.165, 1.54) is 0 Å². The summed E-state index contributed by atoms with van der Waals surface area (Å²) < 4.78 is 5.19. The summed E-state index contributed by atoms with van der Waals surface area (Å²) in [7, 11) is 0. The van der Waals surface area contributed by atoms with Gasteiger partial charge < -0.3 is 9.84 Å². The molecule has 60 valence electrons. The molecule has 0 aliphatic carbocycles. The molecular weight excluding hydrogens is 130 g/mol. The third kappa shape index (κ3) is 2.64. The first-order valence-corrected chi connectivity index (χ1v) is 3.88. The van der Waals surface area contributed by atoms with E-state index in [-0.39, 0.29) is 0 Å². The van der Waals surface area contributed by atoms with Gasteiger partial charge in [0.2, 0.25) is 0 Å². The van der Waals surface area contributed by atoms with Crippen LogP contribution >= 0.6 is 0 Å². The van der Waals surface area contributed by atoms with Gasteiger partial charge in [-0.15, -0.1) is 0 Å². The van der Waals surface area contributed by atoms with E-state index < -0.39 is 0 Å². The number of rotatable bonds is 3. The van der Waals surface area contributed by atoms with E-state index in [0.29, 0.717) is 6.61 Å². The molecule has 10 heavy (non-hydrogen) atoms. The summed E-state index contributed by atoms with van der Waals surface area (Å²) in [5, 5.41) is 6.96. The summed E-state index contributed by atoms with van der Waals surface area (Å²) in [6, 6.07) is 0. The molecule has 0 radical (unpaired) electrons. The normalized spacial score (nSPS) is 21.3. The fourth-order valence-electron chi connectivity index (χ4n) is 1.13. The van der Waals surface area contributed by atoms with Gasteiger partial charge in [-0.2, -0.15) is 0 Å². The van der Waals surface area contributed by atoms with Crippen LogP contribution in [-0.2, 0) is 4.74 Å². The van der Waals surface area contributed by atoms with Crippen molar-refractivity contribution in [3.63, 3.8) is 0 Å². The molecule has 3 nitrogen and oxygen atoms in total. The SMILES string of the molecule is [OH2+]CCCN1CCOCC1. The lowest BCUT2D eigenvalue weighted by atomic mass is 10.3. The van der Waals surface area contributed by atoms with Crippen molar-refractivity contribution in [2.24, 2.45) is 0 Å². The smallest absolute Gasteiger partial charge is 0.144 e. The van der Waals surface area contributed by atoms with Crippen LogP contribution in [0.3, 0.4) is 0 Å². The summed E-state index contributed by atoms with van der Waals surface area (Å²) in [6.45, 7) is 5.49. The Balaban J connectivity index is 2.02. The van der Waals surface area contributed by atoms with Crippen LogP contribution in [-0.4, -0.2) is 49.5 Å². The fourth-order valence-corrected chi connectivity index (χ4v) is 1.13. The average Bonchev–Trinajstić information content (AvgIpc) is 2.03. The van der Waals surface area contributed by atoms with E-state index in [1.54, 1.807) is 0 Å². The van der Waals surface area contributed by atoms with Crippen LogP contribution in [0.2, 0.25) is 0 Å². The first-order valence-electron chi connectivity index (χ1n) is 3.88. The van der Waals surface area contributed by atoms with E-state index in [4.69, 9.17) is 9.84 Å². The molecule has 1 aliphatic heterocycles. The standard InChI is InChI=1S/C7H15NO2/c9-5-1-2-8-3-6-10-7-4-8/h9H,1-7H2/p+1. The van der Waals surface area contributed by atoms with Gasteiger partial charge in [-0.25, -0.2) is 0 Å². The molecule has 1 rings (SSSR count). The first-order chi connectivity index (χ1) is 4.93. The maximum absolute atomic E-state index is 6.96. The Labute approximate surface area is 61.6 Å². The van der Waals surface area contributed by atoms with Crippen molar-refractivity contribution < 1.29 is 9.84 Å². The minimum Gasteiger partial charge on any atom is -0.445 e. The van der Waals surface area contributed by atoms with Crippen molar-refractivity contribution in [1.29, 1.82) is 0 Å². The number of hydrogen-bond acceptors (Lipinski definition) is 2. The van der Waals surface area contributed by atoms with Crippen molar-refractivity contribution >= 4 is 0 Å². The van der Waals surface area contributed by atoms with Crippen molar-refractivity contribution in [1.82, 2.24) is 4.90 Å². The molecule has 2 N–H and O–H groups in total. The summed E-state index contributed by atoms with van der Waals surface area (Å²) in [6.07, 6.45) is 1.00. The van der Waals surface area contributed by atoms with Crippen LogP contribution in [0.25, 0.3) is 0 Å². The van der Waals surface area contributed by atoms with Crippen molar-refractivity contribution in [3.8, 4) is 0 Å². The second kappa shape index (κ2) is 4.66. The van der Waals surface area contributed by atoms with E-state index in [2.05, 4.69) is 4.90 Å². The zero-order valence-electron chi connectivity index (χ0n) is 6.31. The van der Waals surface area contributed by atoms with E-state index in [9.17, 15) is 0 Å². The highest BCUT2D eigenvalue weighted by molar-refractivity contribution is 4.60. The van der Waals surface area contributed by atoms with Crippen molar-refractivity contribution in [2.45, 2.75) is 6.42 Å². The molecule has 0 spiro atoms. The van der Waals surface area contributed by atoms with Gasteiger partial charge in [0, 0.05) is 26.1 Å². The monoisotopic (exact) mass is 146 g/mol. The van der Waals surface area contributed by atoms with Crippen molar-refractivity contribution in [2.75, 3.05) is 39.5 Å². The molecule has 1 fully saturated rings. The quantitative estimate of drug-likeness (QED) is 0.500. The maximum Gasteiger partial charge on any atom is 0.144 e. The molecule has 0 aromatic carbocycles.